The lowest BCUT2D eigenvalue weighted by atomic mass is 9.98. The van der Waals surface area contributed by atoms with Crippen LogP contribution in [0.3, 0.4) is 0 Å². The summed E-state index contributed by atoms with van der Waals surface area (Å²) in [6, 6.07) is 13.3. The van der Waals surface area contributed by atoms with E-state index in [1.54, 1.807) is 24.4 Å². The monoisotopic (exact) mass is 598 g/mol. The molecule has 0 atom stereocenters. The van der Waals surface area contributed by atoms with Crippen molar-refractivity contribution in [2.24, 2.45) is 4.99 Å². The number of nitrogens with zero attached hydrogens (tertiary/aromatic N) is 5. The van der Waals surface area contributed by atoms with Crippen LogP contribution >= 0.6 is 0 Å². The highest BCUT2D eigenvalue weighted by Crippen LogP contribution is 2.40. The van der Waals surface area contributed by atoms with Gasteiger partial charge < -0.3 is 19.7 Å². The first kappa shape index (κ1) is 29.0. The molecule has 6 rings (SSSR count). The average molecular weight is 599 g/mol. The lowest BCUT2D eigenvalue weighted by Gasteiger charge is -2.29. The van der Waals surface area contributed by atoms with E-state index in [0.717, 1.165) is 22.4 Å². The first-order valence-corrected chi connectivity index (χ1v) is 14.3. The van der Waals surface area contributed by atoms with Crippen molar-refractivity contribution in [1.82, 2.24) is 19.7 Å². The van der Waals surface area contributed by atoms with Gasteiger partial charge in [0, 0.05) is 24.8 Å². The Labute approximate surface area is 253 Å². The third kappa shape index (κ3) is 5.90. The van der Waals surface area contributed by atoms with Crippen LogP contribution < -0.4 is 10.1 Å². The molecule has 0 saturated carbocycles. The Kier molecular flexibility index (Phi) is 7.62. The van der Waals surface area contributed by atoms with Gasteiger partial charge in [-0.2, -0.15) is 5.10 Å². The van der Waals surface area contributed by atoms with Crippen molar-refractivity contribution in [2.75, 3.05) is 25.5 Å². The first-order chi connectivity index (χ1) is 21.1. The molecule has 226 valence electrons. The maximum absolute atomic E-state index is 14.9. The summed E-state index contributed by atoms with van der Waals surface area (Å²) < 4.78 is 42.4. The molecule has 44 heavy (non-hydrogen) atoms. The third-order valence-corrected chi connectivity index (χ3v) is 7.35. The molecule has 2 aromatic carbocycles. The van der Waals surface area contributed by atoms with Crippen LogP contribution in [0.5, 0.6) is 5.75 Å². The number of amidine groups is 1. The minimum absolute atomic E-state index is 0.00488. The van der Waals surface area contributed by atoms with Gasteiger partial charge in [0.25, 0.3) is 0 Å². The molecule has 1 N–H and O–H groups in total. The molecule has 0 aliphatic carbocycles. The number of halogens is 2. The molecule has 0 saturated heterocycles. The molecule has 0 bridgehead atoms. The molecule has 2 aliphatic rings. The van der Waals surface area contributed by atoms with Crippen molar-refractivity contribution in [2.45, 2.75) is 39.3 Å². The SMILES string of the molecule is COc1ccc(Cn2ncc3c2-c2cc(C4=CCN(C(=O)OC(C)(C)C)CC4)cnc2N=C(c2c(F)cccc2F)N3)cc1. The number of ether oxygens (including phenoxy) is 2. The standard InChI is InChI=1S/C33H32F2N6O3/c1-33(2,3)44-32(42)40-14-12-21(13-15-40)22-16-24-29-27(18-37-41(29)19-20-8-10-23(43-4)11-9-20)38-31(39-30(24)36-17-22)28-25(34)6-5-7-26(28)35/h5-12,16-18H,13-15,19H2,1-4H3,(H,36,38,39). The van der Waals surface area contributed by atoms with Gasteiger partial charge in [0.05, 0.1) is 36.8 Å². The number of methoxy groups -OCH3 is 1. The van der Waals surface area contributed by atoms with Crippen LogP contribution in [-0.2, 0) is 11.3 Å². The summed E-state index contributed by atoms with van der Waals surface area (Å²) in [4.78, 5) is 23.5. The number of aliphatic imine (C=N–C) groups is 1. The maximum Gasteiger partial charge on any atom is 0.410 e. The van der Waals surface area contributed by atoms with Crippen molar-refractivity contribution in [3.05, 3.63) is 95.3 Å². The van der Waals surface area contributed by atoms with E-state index in [9.17, 15) is 13.6 Å². The second kappa shape index (κ2) is 11.6. The summed E-state index contributed by atoms with van der Waals surface area (Å²) >= 11 is 0. The minimum atomic E-state index is -0.745. The Bertz CT molecular complexity index is 1770. The quantitative estimate of drug-likeness (QED) is 0.271. The molecule has 1 amide bonds. The highest BCUT2D eigenvalue weighted by atomic mass is 19.1. The number of hydrogen-bond donors (Lipinski definition) is 1. The van der Waals surface area contributed by atoms with E-state index in [0.29, 0.717) is 48.8 Å². The number of anilines is 1. The van der Waals surface area contributed by atoms with Crippen molar-refractivity contribution in [3.8, 4) is 17.0 Å². The van der Waals surface area contributed by atoms with Gasteiger partial charge in [-0.15, -0.1) is 0 Å². The number of carbonyl (C=O) groups excluding carboxylic acids is 1. The molecule has 4 aromatic rings. The summed E-state index contributed by atoms with van der Waals surface area (Å²) in [6.45, 7) is 6.84. The maximum atomic E-state index is 14.9. The molecular formula is C33H32F2N6O3. The molecule has 0 fully saturated rings. The second-order valence-corrected chi connectivity index (χ2v) is 11.6. The number of aromatic nitrogens is 3. The molecule has 2 aromatic heterocycles. The summed E-state index contributed by atoms with van der Waals surface area (Å²) in [6.07, 6.45) is 5.55. The Balaban J connectivity index is 1.40. The van der Waals surface area contributed by atoms with Gasteiger partial charge in [-0.25, -0.2) is 23.6 Å². The number of benzene rings is 2. The van der Waals surface area contributed by atoms with Gasteiger partial charge >= 0.3 is 6.09 Å². The van der Waals surface area contributed by atoms with Crippen LogP contribution in [0.15, 0.2) is 72.0 Å². The minimum Gasteiger partial charge on any atom is -0.497 e. The highest BCUT2D eigenvalue weighted by Gasteiger charge is 2.28. The zero-order valence-electron chi connectivity index (χ0n) is 24.9. The van der Waals surface area contributed by atoms with E-state index in [1.807, 2.05) is 61.9 Å². The van der Waals surface area contributed by atoms with Crippen molar-refractivity contribution in [3.63, 3.8) is 0 Å². The summed E-state index contributed by atoms with van der Waals surface area (Å²) in [7, 11) is 1.61. The van der Waals surface area contributed by atoms with Gasteiger partial charge in [-0.05, 0) is 74.2 Å². The van der Waals surface area contributed by atoms with E-state index in [-0.39, 0.29) is 17.5 Å². The van der Waals surface area contributed by atoms with Crippen LogP contribution in [-0.4, -0.2) is 57.4 Å². The molecular weight excluding hydrogens is 566 g/mol. The Morgan fingerprint density at radius 2 is 1.82 bits per heavy atom. The Morgan fingerprint density at radius 3 is 2.48 bits per heavy atom. The van der Waals surface area contributed by atoms with Crippen LogP contribution in [0.25, 0.3) is 16.8 Å². The fraction of sp³-hybridized carbons (Fsp3) is 0.273. The van der Waals surface area contributed by atoms with Crippen molar-refractivity contribution < 1.29 is 23.0 Å². The lowest BCUT2D eigenvalue weighted by molar-refractivity contribution is 0.0270. The number of amides is 1. The number of nitrogens with one attached hydrogen (secondary N) is 1. The summed E-state index contributed by atoms with van der Waals surface area (Å²) in [5.41, 5.74) is 3.85. The first-order valence-electron chi connectivity index (χ1n) is 14.3. The number of pyridine rings is 1. The van der Waals surface area contributed by atoms with Crippen molar-refractivity contribution >= 4 is 29.0 Å². The van der Waals surface area contributed by atoms with E-state index in [4.69, 9.17) is 9.47 Å². The zero-order valence-corrected chi connectivity index (χ0v) is 24.9. The molecule has 0 unspecified atom stereocenters. The van der Waals surface area contributed by atoms with Crippen LogP contribution in [0, 0.1) is 11.6 Å². The molecule has 2 aliphatic heterocycles. The molecule has 0 spiro atoms. The van der Waals surface area contributed by atoms with Gasteiger partial charge in [-0.3, -0.25) is 4.68 Å². The van der Waals surface area contributed by atoms with Crippen LogP contribution in [0.4, 0.5) is 25.1 Å². The largest absolute Gasteiger partial charge is 0.497 e. The average Bonchev–Trinajstić information content (AvgIpc) is 3.30. The molecule has 9 nitrogen and oxygen atoms in total. The topological polar surface area (TPSA) is 93.9 Å². The molecule has 11 heteroatoms. The fourth-order valence-corrected chi connectivity index (χ4v) is 5.21. The van der Waals surface area contributed by atoms with Crippen molar-refractivity contribution in [1.29, 1.82) is 0 Å². The van der Waals surface area contributed by atoms with Gasteiger partial charge in [-0.1, -0.05) is 24.3 Å². The highest BCUT2D eigenvalue weighted by molar-refractivity contribution is 6.13. The molecule has 0 radical (unpaired) electrons. The van der Waals surface area contributed by atoms with E-state index < -0.39 is 17.2 Å². The van der Waals surface area contributed by atoms with Gasteiger partial charge in [0.2, 0.25) is 0 Å². The smallest absolute Gasteiger partial charge is 0.410 e. The fourth-order valence-electron chi connectivity index (χ4n) is 5.21. The van der Waals surface area contributed by atoms with E-state index in [1.165, 1.54) is 18.2 Å². The summed E-state index contributed by atoms with van der Waals surface area (Å²) in [5, 5.41) is 7.75. The zero-order chi connectivity index (χ0) is 31.0. The lowest BCUT2D eigenvalue weighted by Crippen LogP contribution is -2.39. The van der Waals surface area contributed by atoms with Gasteiger partial charge in [0.15, 0.2) is 5.82 Å². The van der Waals surface area contributed by atoms with E-state index >= 15 is 0 Å². The number of carbonyl (C=O) groups is 1. The summed E-state index contributed by atoms with van der Waals surface area (Å²) in [5.74, 6) is -0.462. The number of hydrogen-bond acceptors (Lipinski definition) is 7. The molecule has 4 heterocycles. The van der Waals surface area contributed by atoms with Crippen LogP contribution in [0.2, 0.25) is 0 Å². The van der Waals surface area contributed by atoms with E-state index in [2.05, 4.69) is 20.4 Å². The Morgan fingerprint density at radius 1 is 1.07 bits per heavy atom. The number of fused-ring (bicyclic) bond motifs is 3. The number of rotatable bonds is 5. The second-order valence-electron chi connectivity index (χ2n) is 11.6. The third-order valence-electron chi connectivity index (χ3n) is 7.35. The predicted octanol–water partition coefficient (Wildman–Crippen LogP) is 6.81. The van der Waals surface area contributed by atoms with Gasteiger partial charge in [0.1, 0.15) is 28.8 Å². The normalized spacial score (nSPS) is 14.5. The Hall–Kier alpha value is -5.06. The van der Waals surface area contributed by atoms with Crippen LogP contribution in [0.1, 0.15) is 43.9 Å². The predicted molar refractivity (Wildman–Crippen MR) is 164 cm³/mol.